The topological polar surface area (TPSA) is 69.4 Å². The number of hydrogen-bond acceptors (Lipinski definition) is 4. The van der Waals surface area contributed by atoms with Gasteiger partial charge in [-0.3, -0.25) is 14.4 Å². The second-order valence-corrected chi connectivity index (χ2v) is 7.49. The van der Waals surface area contributed by atoms with Crippen LogP contribution in [-0.4, -0.2) is 17.7 Å². The third-order valence-electron chi connectivity index (χ3n) is 5.51. The van der Waals surface area contributed by atoms with Gasteiger partial charge in [-0.2, -0.15) is 0 Å². The minimum atomic E-state index is -0.978. The molecule has 1 unspecified atom stereocenters. The molecule has 28 heavy (non-hydrogen) atoms. The van der Waals surface area contributed by atoms with Crippen molar-refractivity contribution < 1.29 is 14.4 Å². The Morgan fingerprint density at radius 1 is 1.07 bits per heavy atom. The van der Waals surface area contributed by atoms with Gasteiger partial charge in [0.2, 0.25) is 0 Å². The molecule has 2 aromatic rings. The summed E-state index contributed by atoms with van der Waals surface area (Å²) in [6, 6.07) is 13.4. The zero-order chi connectivity index (χ0) is 20.4. The smallest absolute Gasteiger partial charge is 0.179 e. The predicted molar refractivity (Wildman–Crippen MR) is 111 cm³/mol. The molecule has 1 fully saturated rings. The number of rotatable bonds is 6. The van der Waals surface area contributed by atoms with Crippen LogP contribution in [-0.2, 0) is 20.8 Å². The lowest BCUT2D eigenvalue weighted by atomic mass is 9.86. The van der Waals surface area contributed by atoms with Gasteiger partial charge < -0.3 is 0 Å². The Bertz CT molecular complexity index is 920. The van der Waals surface area contributed by atoms with Gasteiger partial charge in [0.15, 0.2) is 17.7 Å². The number of nitrogens with two attached hydrogens (primary N) is 1. The Hall–Kier alpha value is -2.27. The van der Waals surface area contributed by atoms with E-state index >= 15 is 0 Å². The van der Waals surface area contributed by atoms with Crippen molar-refractivity contribution >= 4 is 23.2 Å². The lowest BCUT2D eigenvalue weighted by Gasteiger charge is -2.16. The van der Waals surface area contributed by atoms with E-state index in [9.17, 15) is 9.59 Å². The molecule has 0 saturated heterocycles. The SMILES string of the molecule is C=C(CC)[C@@H]1C(=O)C(c2cc(-c3ccc(Cl)cc3)ccc2CC)C(=O)[C@@H]1ON. The number of hydrogen-bond donors (Lipinski definition) is 1. The van der Waals surface area contributed by atoms with E-state index in [2.05, 4.69) is 6.58 Å². The third kappa shape index (κ3) is 3.55. The summed E-state index contributed by atoms with van der Waals surface area (Å²) < 4.78 is 0. The van der Waals surface area contributed by atoms with E-state index in [0.717, 1.165) is 22.3 Å². The molecule has 3 rings (SSSR count). The molecule has 2 aromatic carbocycles. The van der Waals surface area contributed by atoms with Gasteiger partial charge in [0.25, 0.3) is 0 Å². The Labute approximate surface area is 170 Å². The van der Waals surface area contributed by atoms with Gasteiger partial charge in [0.05, 0.1) is 5.92 Å². The van der Waals surface area contributed by atoms with Gasteiger partial charge in [0, 0.05) is 5.02 Å². The minimum absolute atomic E-state index is 0.185. The van der Waals surface area contributed by atoms with Crippen LogP contribution in [0.25, 0.3) is 11.1 Å². The van der Waals surface area contributed by atoms with Crippen LogP contribution in [0, 0.1) is 5.92 Å². The maximum atomic E-state index is 13.2. The summed E-state index contributed by atoms with van der Waals surface area (Å²) in [5, 5.41) is 0.652. The van der Waals surface area contributed by atoms with Crippen LogP contribution in [0.5, 0.6) is 0 Å². The summed E-state index contributed by atoms with van der Waals surface area (Å²) in [7, 11) is 0. The van der Waals surface area contributed by atoms with E-state index in [1.807, 2.05) is 56.3 Å². The molecule has 5 heteroatoms. The highest BCUT2D eigenvalue weighted by Crippen LogP contribution is 2.40. The van der Waals surface area contributed by atoms with Gasteiger partial charge in [-0.1, -0.05) is 61.9 Å². The molecule has 0 bridgehead atoms. The molecule has 3 atom stereocenters. The number of benzene rings is 2. The second-order valence-electron chi connectivity index (χ2n) is 7.06. The average molecular weight is 398 g/mol. The zero-order valence-corrected chi connectivity index (χ0v) is 16.8. The van der Waals surface area contributed by atoms with Crippen molar-refractivity contribution in [1.82, 2.24) is 0 Å². The quantitative estimate of drug-likeness (QED) is 0.437. The molecular formula is C23H24ClNO3. The van der Waals surface area contributed by atoms with E-state index in [1.54, 1.807) is 0 Å². The number of Topliss-reactive ketones (excluding diaryl/α,β-unsaturated/α-hetero) is 2. The highest BCUT2D eigenvalue weighted by atomic mass is 35.5. The molecule has 0 spiro atoms. The average Bonchev–Trinajstić information content (AvgIpc) is 2.96. The summed E-state index contributed by atoms with van der Waals surface area (Å²) >= 11 is 5.99. The first kappa shape index (κ1) is 20.5. The Kier molecular flexibility index (Phi) is 6.14. The van der Waals surface area contributed by atoms with Crippen molar-refractivity contribution in [2.75, 3.05) is 0 Å². The maximum absolute atomic E-state index is 13.2. The largest absolute Gasteiger partial charge is 0.298 e. The van der Waals surface area contributed by atoms with Crippen LogP contribution >= 0.6 is 11.6 Å². The van der Waals surface area contributed by atoms with Crippen LogP contribution in [0.4, 0.5) is 0 Å². The van der Waals surface area contributed by atoms with E-state index in [4.69, 9.17) is 22.3 Å². The second kappa shape index (κ2) is 8.39. The van der Waals surface area contributed by atoms with Crippen LogP contribution in [0.2, 0.25) is 5.02 Å². The molecule has 0 radical (unpaired) electrons. The van der Waals surface area contributed by atoms with Crippen LogP contribution in [0.15, 0.2) is 54.6 Å². The lowest BCUT2D eigenvalue weighted by Crippen LogP contribution is -2.31. The van der Waals surface area contributed by atoms with Crippen LogP contribution in [0.1, 0.15) is 37.3 Å². The molecule has 4 nitrogen and oxygen atoms in total. The number of ketones is 2. The fraction of sp³-hybridized carbons (Fsp3) is 0.304. The monoisotopic (exact) mass is 397 g/mol. The van der Waals surface area contributed by atoms with Gasteiger partial charge >= 0.3 is 0 Å². The fourth-order valence-electron chi connectivity index (χ4n) is 3.89. The third-order valence-corrected chi connectivity index (χ3v) is 5.77. The highest BCUT2D eigenvalue weighted by Gasteiger charge is 2.51. The Balaban J connectivity index is 2.09. The van der Waals surface area contributed by atoms with E-state index < -0.39 is 17.9 Å². The fourth-order valence-corrected chi connectivity index (χ4v) is 4.02. The molecule has 1 aliphatic carbocycles. The van der Waals surface area contributed by atoms with E-state index in [0.29, 0.717) is 23.4 Å². The molecule has 0 heterocycles. The molecular weight excluding hydrogens is 374 g/mol. The Morgan fingerprint density at radius 2 is 1.71 bits per heavy atom. The maximum Gasteiger partial charge on any atom is 0.179 e. The lowest BCUT2D eigenvalue weighted by molar-refractivity contribution is -0.129. The van der Waals surface area contributed by atoms with Crippen molar-refractivity contribution in [1.29, 1.82) is 0 Å². The normalized spacial score (nSPS) is 21.9. The van der Waals surface area contributed by atoms with Gasteiger partial charge in [-0.05, 0) is 53.3 Å². The van der Waals surface area contributed by atoms with Crippen molar-refractivity contribution in [3.8, 4) is 11.1 Å². The van der Waals surface area contributed by atoms with Crippen LogP contribution in [0.3, 0.4) is 0 Å². The number of carbonyl (C=O) groups is 2. The number of halogens is 1. The predicted octanol–water partition coefficient (Wildman–Crippen LogP) is 4.65. The summed E-state index contributed by atoms with van der Waals surface area (Å²) in [5.74, 6) is 3.32. The minimum Gasteiger partial charge on any atom is -0.298 e. The van der Waals surface area contributed by atoms with E-state index in [-0.39, 0.29) is 11.6 Å². The molecule has 1 aliphatic rings. The summed E-state index contributed by atoms with van der Waals surface area (Å²) in [5.41, 5.74) is 4.24. The molecule has 2 N–H and O–H groups in total. The van der Waals surface area contributed by atoms with Gasteiger partial charge in [-0.25, -0.2) is 5.90 Å². The first-order valence-corrected chi connectivity index (χ1v) is 9.80. The first-order valence-electron chi connectivity index (χ1n) is 9.42. The zero-order valence-electron chi connectivity index (χ0n) is 16.1. The summed E-state index contributed by atoms with van der Waals surface area (Å²) in [6.45, 7) is 7.87. The first-order chi connectivity index (χ1) is 13.4. The van der Waals surface area contributed by atoms with Crippen molar-refractivity contribution in [3.63, 3.8) is 0 Å². The molecule has 146 valence electrons. The van der Waals surface area contributed by atoms with E-state index in [1.165, 1.54) is 0 Å². The molecule has 0 aliphatic heterocycles. The standard InChI is InChI=1S/C23H24ClNO3/c1-4-13(3)19-21(26)20(22(27)23(19)28-25)18-12-16(7-6-14(18)5-2)15-8-10-17(24)11-9-15/h6-12,19-20,23H,3-5,25H2,1-2H3/t19-,20?,23-/m1/s1. The van der Waals surface area contributed by atoms with Gasteiger partial charge in [-0.15, -0.1) is 0 Å². The van der Waals surface area contributed by atoms with Gasteiger partial charge in [0.1, 0.15) is 5.92 Å². The van der Waals surface area contributed by atoms with Crippen molar-refractivity contribution in [3.05, 3.63) is 70.8 Å². The number of aryl methyl sites for hydroxylation is 1. The van der Waals surface area contributed by atoms with Crippen molar-refractivity contribution in [2.45, 2.75) is 38.7 Å². The summed E-state index contributed by atoms with van der Waals surface area (Å²) in [6.07, 6.45) is 0.316. The van der Waals surface area contributed by atoms with Crippen LogP contribution < -0.4 is 5.90 Å². The molecule has 0 amide bonds. The highest BCUT2D eigenvalue weighted by molar-refractivity contribution is 6.30. The Morgan fingerprint density at radius 3 is 2.29 bits per heavy atom. The molecule has 0 aromatic heterocycles. The van der Waals surface area contributed by atoms with Crippen molar-refractivity contribution in [2.24, 2.45) is 11.8 Å². The molecule has 1 saturated carbocycles. The summed E-state index contributed by atoms with van der Waals surface area (Å²) in [4.78, 5) is 31.2. The number of carbonyl (C=O) groups excluding carboxylic acids is 2.